The van der Waals surface area contributed by atoms with Crippen molar-refractivity contribution in [1.82, 2.24) is 0 Å². The maximum atomic E-state index is 10.6. The van der Waals surface area contributed by atoms with Crippen molar-refractivity contribution in [2.75, 3.05) is 5.75 Å². The molecule has 0 amide bonds. The van der Waals surface area contributed by atoms with Crippen molar-refractivity contribution in [1.29, 1.82) is 0 Å². The standard InChI is InChI=1S/C22H37NO4S/c1-4-5-11-22(2,3)19(25)10-9-15-16-13-20(23-17(16)14-18(15)24)28-12-7-6-8-21(26)27/h9-10,15-19,24-25H,4-8,11-14H2,1-3H3,(H,26,27). The van der Waals surface area contributed by atoms with Crippen LogP contribution in [0.5, 0.6) is 0 Å². The van der Waals surface area contributed by atoms with Gasteiger partial charge in [-0.1, -0.05) is 45.8 Å². The second-order valence-corrected chi connectivity index (χ2v) is 10.1. The molecule has 0 spiro atoms. The Kier molecular flexibility index (Phi) is 9.03. The number of thioether (sulfide) groups is 1. The zero-order valence-electron chi connectivity index (χ0n) is 17.5. The van der Waals surface area contributed by atoms with E-state index < -0.39 is 12.1 Å². The number of unbranched alkanes of at least 4 members (excludes halogenated alkanes) is 2. The first kappa shape index (κ1) is 23.4. The third-order valence-electron chi connectivity index (χ3n) is 6.18. The van der Waals surface area contributed by atoms with E-state index in [1.54, 1.807) is 11.8 Å². The second kappa shape index (κ2) is 10.8. The fourth-order valence-electron chi connectivity index (χ4n) is 4.19. The molecule has 5 atom stereocenters. The first-order valence-corrected chi connectivity index (χ1v) is 11.7. The molecule has 1 aliphatic carbocycles. The molecule has 0 saturated heterocycles. The van der Waals surface area contributed by atoms with Crippen molar-refractivity contribution in [3.05, 3.63) is 12.2 Å². The number of carbonyl (C=O) groups is 1. The van der Waals surface area contributed by atoms with Crippen molar-refractivity contribution in [2.24, 2.45) is 22.2 Å². The Morgan fingerprint density at radius 2 is 2.11 bits per heavy atom. The Hall–Kier alpha value is -0.850. The van der Waals surface area contributed by atoms with Crippen LogP contribution in [0.4, 0.5) is 0 Å². The van der Waals surface area contributed by atoms with E-state index in [-0.39, 0.29) is 29.9 Å². The Morgan fingerprint density at radius 3 is 2.79 bits per heavy atom. The van der Waals surface area contributed by atoms with Gasteiger partial charge < -0.3 is 15.3 Å². The number of aliphatic hydroxyl groups is 2. The van der Waals surface area contributed by atoms with Crippen LogP contribution in [-0.2, 0) is 4.79 Å². The summed E-state index contributed by atoms with van der Waals surface area (Å²) in [5.41, 5.74) is -0.154. The Bertz CT molecular complexity index is 575. The maximum Gasteiger partial charge on any atom is 0.303 e. The molecule has 0 radical (unpaired) electrons. The van der Waals surface area contributed by atoms with Gasteiger partial charge in [-0.05, 0) is 42.8 Å². The van der Waals surface area contributed by atoms with E-state index in [2.05, 4.69) is 20.8 Å². The highest BCUT2D eigenvalue weighted by atomic mass is 32.2. The number of rotatable bonds is 11. The monoisotopic (exact) mass is 411 g/mol. The van der Waals surface area contributed by atoms with Gasteiger partial charge in [-0.25, -0.2) is 0 Å². The summed E-state index contributed by atoms with van der Waals surface area (Å²) >= 11 is 1.74. The Balaban J connectivity index is 1.84. The number of hydrogen-bond acceptors (Lipinski definition) is 5. The van der Waals surface area contributed by atoms with Crippen LogP contribution in [0.25, 0.3) is 0 Å². The molecule has 28 heavy (non-hydrogen) atoms. The predicted octanol–water partition coefficient (Wildman–Crippen LogP) is 4.28. The summed E-state index contributed by atoms with van der Waals surface area (Å²) in [4.78, 5) is 15.4. The zero-order chi connectivity index (χ0) is 20.7. The average molecular weight is 412 g/mol. The van der Waals surface area contributed by atoms with E-state index in [4.69, 9.17) is 10.1 Å². The molecule has 1 saturated carbocycles. The molecular formula is C22H37NO4S. The maximum absolute atomic E-state index is 10.6. The largest absolute Gasteiger partial charge is 0.481 e. The average Bonchev–Trinajstić information content (AvgIpc) is 3.13. The van der Waals surface area contributed by atoms with E-state index >= 15 is 0 Å². The topological polar surface area (TPSA) is 90.1 Å². The van der Waals surface area contributed by atoms with Gasteiger partial charge in [0.25, 0.3) is 0 Å². The van der Waals surface area contributed by atoms with Gasteiger partial charge in [-0.2, -0.15) is 0 Å². The minimum absolute atomic E-state index is 0.0514. The molecule has 1 fully saturated rings. The van der Waals surface area contributed by atoms with Gasteiger partial charge >= 0.3 is 5.97 Å². The molecule has 1 aliphatic heterocycles. The molecule has 0 aromatic rings. The molecule has 2 rings (SSSR count). The predicted molar refractivity (Wildman–Crippen MR) is 116 cm³/mol. The van der Waals surface area contributed by atoms with Crippen molar-refractivity contribution >= 4 is 22.8 Å². The minimum atomic E-state index is -0.735. The minimum Gasteiger partial charge on any atom is -0.481 e. The number of hydrogen-bond donors (Lipinski definition) is 3. The molecule has 2 aliphatic rings. The summed E-state index contributed by atoms with van der Waals surface area (Å²) in [5.74, 6) is 0.537. The fourth-order valence-corrected chi connectivity index (χ4v) is 5.30. The van der Waals surface area contributed by atoms with Gasteiger partial charge in [0, 0.05) is 18.8 Å². The highest BCUT2D eigenvalue weighted by Crippen LogP contribution is 2.43. The van der Waals surface area contributed by atoms with Crippen LogP contribution in [0.15, 0.2) is 17.1 Å². The van der Waals surface area contributed by atoms with Crippen molar-refractivity contribution < 1.29 is 20.1 Å². The van der Waals surface area contributed by atoms with Gasteiger partial charge in [0.05, 0.1) is 23.3 Å². The number of aliphatic hydroxyl groups excluding tert-OH is 2. The molecule has 5 unspecified atom stereocenters. The third-order valence-corrected chi connectivity index (χ3v) is 7.28. The normalized spacial score (nSPS) is 28.5. The Morgan fingerprint density at radius 1 is 1.36 bits per heavy atom. The van der Waals surface area contributed by atoms with Gasteiger partial charge in [-0.3, -0.25) is 9.79 Å². The summed E-state index contributed by atoms with van der Waals surface area (Å²) in [6.45, 7) is 6.36. The molecule has 5 nitrogen and oxygen atoms in total. The summed E-state index contributed by atoms with van der Waals surface area (Å²) in [6.07, 6.45) is 9.65. The summed E-state index contributed by atoms with van der Waals surface area (Å²) in [5, 5.41) is 30.9. The van der Waals surface area contributed by atoms with Crippen LogP contribution in [0.3, 0.4) is 0 Å². The first-order chi connectivity index (χ1) is 13.2. The molecule has 0 bridgehead atoms. The molecular weight excluding hydrogens is 374 g/mol. The fraction of sp³-hybridized carbons (Fsp3) is 0.818. The van der Waals surface area contributed by atoms with Crippen LogP contribution in [0, 0.1) is 17.3 Å². The molecule has 0 aromatic carbocycles. The molecule has 0 aromatic heterocycles. The quantitative estimate of drug-likeness (QED) is 0.349. The van der Waals surface area contributed by atoms with Crippen LogP contribution in [-0.4, -0.2) is 50.3 Å². The SMILES string of the molecule is CCCCC(C)(C)C(O)C=CC1C(O)CC2N=C(SCCCCC(=O)O)CC21. The van der Waals surface area contributed by atoms with E-state index in [0.29, 0.717) is 18.8 Å². The van der Waals surface area contributed by atoms with Crippen molar-refractivity contribution in [3.8, 4) is 0 Å². The number of aliphatic carboxylic acids is 1. The third kappa shape index (κ3) is 6.60. The van der Waals surface area contributed by atoms with Crippen LogP contribution in [0.2, 0.25) is 0 Å². The van der Waals surface area contributed by atoms with E-state index in [9.17, 15) is 15.0 Å². The number of carboxylic acids is 1. The van der Waals surface area contributed by atoms with E-state index in [0.717, 1.165) is 42.9 Å². The number of carboxylic acid groups (broad SMARTS) is 1. The van der Waals surface area contributed by atoms with Gasteiger partial charge in [-0.15, -0.1) is 11.8 Å². The number of aliphatic imine (C=N–C) groups is 1. The summed E-state index contributed by atoms with van der Waals surface area (Å²) < 4.78 is 0. The first-order valence-electron chi connectivity index (χ1n) is 10.7. The lowest BCUT2D eigenvalue weighted by Crippen LogP contribution is -2.28. The van der Waals surface area contributed by atoms with E-state index in [1.165, 1.54) is 0 Å². The lowest BCUT2D eigenvalue weighted by molar-refractivity contribution is -0.137. The van der Waals surface area contributed by atoms with Crippen molar-refractivity contribution in [2.45, 2.75) is 90.4 Å². The number of nitrogens with zero attached hydrogens (tertiary/aromatic N) is 1. The van der Waals surface area contributed by atoms with Crippen LogP contribution < -0.4 is 0 Å². The Labute approximate surface area is 173 Å². The van der Waals surface area contributed by atoms with Crippen molar-refractivity contribution in [3.63, 3.8) is 0 Å². The summed E-state index contributed by atoms with van der Waals surface area (Å²) in [6, 6.07) is 0.177. The zero-order valence-corrected chi connectivity index (χ0v) is 18.3. The molecule has 3 N–H and O–H groups in total. The second-order valence-electron chi connectivity index (χ2n) is 8.96. The smallest absolute Gasteiger partial charge is 0.303 e. The molecule has 1 heterocycles. The molecule has 160 valence electrons. The van der Waals surface area contributed by atoms with Crippen LogP contribution >= 0.6 is 11.8 Å². The van der Waals surface area contributed by atoms with Gasteiger partial charge in [0.2, 0.25) is 0 Å². The lowest BCUT2D eigenvalue weighted by atomic mass is 9.80. The lowest BCUT2D eigenvalue weighted by Gasteiger charge is -2.29. The molecule has 6 heteroatoms. The van der Waals surface area contributed by atoms with Crippen LogP contribution in [0.1, 0.15) is 72.1 Å². The van der Waals surface area contributed by atoms with Gasteiger partial charge in [0.1, 0.15) is 0 Å². The van der Waals surface area contributed by atoms with Gasteiger partial charge in [0.15, 0.2) is 0 Å². The highest BCUT2D eigenvalue weighted by Gasteiger charge is 2.45. The van der Waals surface area contributed by atoms with E-state index in [1.807, 2.05) is 12.2 Å². The summed E-state index contributed by atoms with van der Waals surface area (Å²) in [7, 11) is 0. The number of fused-ring (bicyclic) bond motifs is 1. The highest BCUT2D eigenvalue weighted by molar-refractivity contribution is 8.13.